The zero-order chi connectivity index (χ0) is 18.8. The lowest BCUT2D eigenvalue weighted by molar-refractivity contribution is -0.115. The van der Waals surface area contributed by atoms with Crippen molar-refractivity contribution >= 4 is 34.8 Å². The zero-order valence-electron chi connectivity index (χ0n) is 14.0. The number of oxazole rings is 1. The van der Waals surface area contributed by atoms with Crippen molar-refractivity contribution in [1.82, 2.24) is 4.98 Å². The van der Waals surface area contributed by atoms with Gasteiger partial charge < -0.3 is 19.2 Å². The lowest BCUT2D eigenvalue weighted by Gasteiger charge is -2.19. The number of ether oxygens (including phenoxy) is 2. The lowest BCUT2D eigenvalue weighted by atomic mass is 10.2. The number of anilines is 1. The molecule has 1 aliphatic heterocycles. The number of benzene rings is 2. The van der Waals surface area contributed by atoms with Crippen molar-refractivity contribution in [2.45, 2.75) is 6.42 Å². The van der Waals surface area contributed by atoms with Crippen molar-refractivity contribution in [1.29, 1.82) is 0 Å². The molecule has 8 heteroatoms. The van der Waals surface area contributed by atoms with Crippen LogP contribution < -0.4 is 14.8 Å². The highest BCUT2D eigenvalue weighted by molar-refractivity contribution is 6.34. The number of carbonyl (C=O) groups is 1. The van der Waals surface area contributed by atoms with Crippen molar-refractivity contribution in [3.05, 3.63) is 58.4 Å². The minimum atomic E-state index is -0.274. The van der Waals surface area contributed by atoms with Gasteiger partial charge in [-0.25, -0.2) is 4.98 Å². The van der Waals surface area contributed by atoms with E-state index in [1.807, 2.05) is 0 Å². The second kappa shape index (κ2) is 7.50. The number of fused-ring (bicyclic) bond motifs is 1. The fraction of sp³-hybridized carbons (Fsp3) is 0.158. The summed E-state index contributed by atoms with van der Waals surface area (Å²) in [5.41, 5.74) is 1.74. The van der Waals surface area contributed by atoms with E-state index in [2.05, 4.69) is 10.3 Å². The number of amides is 1. The molecule has 0 aliphatic carbocycles. The Morgan fingerprint density at radius 3 is 2.52 bits per heavy atom. The maximum atomic E-state index is 12.4. The molecule has 1 aliphatic rings. The molecular weight excluding hydrogens is 391 g/mol. The van der Waals surface area contributed by atoms with E-state index in [-0.39, 0.29) is 12.3 Å². The fourth-order valence-corrected chi connectivity index (χ4v) is 2.96. The Balaban J connectivity index is 1.45. The van der Waals surface area contributed by atoms with E-state index in [1.54, 1.807) is 36.4 Å². The van der Waals surface area contributed by atoms with Gasteiger partial charge in [-0.15, -0.1) is 0 Å². The van der Waals surface area contributed by atoms with E-state index in [4.69, 9.17) is 37.1 Å². The highest BCUT2D eigenvalue weighted by Gasteiger charge is 2.17. The first-order valence-corrected chi connectivity index (χ1v) is 8.93. The summed E-state index contributed by atoms with van der Waals surface area (Å²) in [5.74, 6) is 1.26. The summed E-state index contributed by atoms with van der Waals surface area (Å²) in [6.45, 7) is 0.922. The van der Waals surface area contributed by atoms with Crippen LogP contribution in [0.1, 0.15) is 5.69 Å². The Morgan fingerprint density at radius 1 is 1.07 bits per heavy atom. The zero-order valence-corrected chi connectivity index (χ0v) is 15.5. The molecule has 27 heavy (non-hydrogen) atoms. The SMILES string of the molecule is O=C(Cc1coc(-c2ccc(Cl)cc2)n1)Nc1cc2c(cc1Cl)OCCO2. The number of hydrogen-bond acceptors (Lipinski definition) is 5. The Hall–Kier alpha value is -2.70. The van der Waals surface area contributed by atoms with Gasteiger partial charge in [-0.05, 0) is 24.3 Å². The third kappa shape index (κ3) is 4.02. The highest BCUT2D eigenvalue weighted by Crippen LogP contribution is 2.38. The maximum Gasteiger partial charge on any atom is 0.230 e. The molecule has 0 radical (unpaired) electrons. The molecule has 0 saturated heterocycles. The summed E-state index contributed by atoms with van der Waals surface area (Å²) in [6, 6.07) is 10.4. The van der Waals surface area contributed by atoms with Gasteiger partial charge in [0.1, 0.15) is 19.5 Å². The molecule has 1 aromatic heterocycles. The number of hydrogen-bond donors (Lipinski definition) is 1. The molecule has 0 saturated carbocycles. The predicted octanol–water partition coefficient (Wildman–Crippen LogP) is 4.60. The molecule has 138 valence electrons. The number of carbonyl (C=O) groups excluding carboxylic acids is 1. The third-order valence-corrected chi connectivity index (χ3v) is 4.46. The highest BCUT2D eigenvalue weighted by atomic mass is 35.5. The summed E-state index contributed by atoms with van der Waals surface area (Å²) in [5, 5.41) is 3.76. The molecular formula is C19H14Cl2N2O4. The Bertz CT molecular complexity index is 986. The molecule has 0 bridgehead atoms. The average molecular weight is 405 g/mol. The number of halogens is 2. The van der Waals surface area contributed by atoms with Gasteiger partial charge in [0.05, 0.1) is 22.8 Å². The second-order valence-electron chi connectivity index (χ2n) is 5.85. The van der Waals surface area contributed by atoms with Crippen LogP contribution in [0, 0.1) is 0 Å². The van der Waals surface area contributed by atoms with Gasteiger partial charge in [-0.3, -0.25) is 4.79 Å². The second-order valence-corrected chi connectivity index (χ2v) is 6.70. The molecule has 1 N–H and O–H groups in total. The molecule has 0 fully saturated rings. The Kier molecular flexibility index (Phi) is 4.92. The van der Waals surface area contributed by atoms with E-state index >= 15 is 0 Å². The molecule has 0 spiro atoms. The van der Waals surface area contributed by atoms with Crippen molar-refractivity contribution < 1.29 is 18.7 Å². The fourth-order valence-electron chi connectivity index (χ4n) is 2.63. The van der Waals surface area contributed by atoms with Crippen LogP contribution >= 0.6 is 23.2 Å². The summed E-state index contributed by atoms with van der Waals surface area (Å²) < 4.78 is 16.4. The quantitative estimate of drug-likeness (QED) is 0.687. The number of nitrogens with one attached hydrogen (secondary N) is 1. The van der Waals surface area contributed by atoms with Crippen LogP contribution in [0.4, 0.5) is 5.69 Å². The van der Waals surface area contributed by atoms with Crippen LogP contribution in [0.15, 0.2) is 47.1 Å². The van der Waals surface area contributed by atoms with Gasteiger partial charge in [-0.1, -0.05) is 23.2 Å². The van der Waals surface area contributed by atoms with Crippen LogP contribution in [0.5, 0.6) is 11.5 Å². The van der Waals surface area contributed by atoms with Crippen molar-refractivity contribution in [3.8, 4) is 23.0 Å². The molecule has 4 rings (SSSR count). The largest absolute Gasteiger partial charge is 0.486 e. The molecule has 6 nitrogen and oxygen atoms in total. The maximum absolute atomic E-state index is 12.4. The first-order chi connectivity index (χ1) is 13.1. The van der Waals surface area contributed by atoms with E-state index in [1.165, 1.54) is 6.26 Å². The summed E-state index contributed by atoms with van der Waals surface area (Å²) in [4.78, 5) is 16.7. The van der Waals surface area contributed by atoms with Gasteiger partial charge in [0.25, 0.3) is 0 Å². The van der Waals surface area contributed by atoms with E-state index in [0.717, 1.165) is 5.56 Å². The number of nitrogens with zero attached hydrogens (tertiary/aromatic N) is 1. The topological polar surface area (TPSA) is 73.6 Å². The summed E-state index contributed by atoms with van der Waals surface area (Å²) >= 11 is 12.1. The van der Waals surface area contributed by atoms with Crippen molar-refractivity contribution in [3.63, 3.8) is 0 Å². The predicted molar refractivity (Wildman–Crippen MR) is 102 cm³/mol. The van der Waals surface area contributed by atoms with Gasteiger partial charge in [0, 0.05) is 22.7 Å². The van der Waals surface area contributed by atoms with Crippen LogP contribution in [0.25, 0.3) is 11.5 Å². The molecule has 3 aromatic rings. The van der Waals surface area contributed by atoms with Crippen molar-refractivity contribution in [2.24, 2.45) is 0 Å². The Morgan fingerprint density at radius 2 is 1.78 bits per heavy atom. The van der Waals surface area contributed by atoms with E-state index < -0.39 is 0 Å². The standard InChI is InChI=1S/C19H14Cl2N2O4/c20-12-3-1-11(2-4-12)19-22-13(10-27-19)7-18(24)23-15-9-17-16(8-14(15)21)25-5-6-26-17/h1-4,8-10H,5-7H2,(H,23,24). The van der Waals surface area contributed by atoms with Gasteiger partial charge in [-0.2, -0.15) is 0 Å². The van der Waals surface area contributed by atoms with E-state index in [9.17, 15) is 4.79 Å². The smallest absolute Gasteiger partial charge is 0.230 e. The number of aromatic nitrogens is 1. The minimum Gasteiger partial charge on any atom is -0.486 e. The van der Waals surface area contributed by atoms with E-state index in [0.29, 0.717) is 52.0 Å². The van der Waals surface area contributed by atoms with Crippen LogP contribution in [0.3, 0.4) is 0 Å². The number of rotatable bonds is 4. The minimum absolute atomic E-state index is 0.0435. The first-order valence-electron chi connectivity index (χ1n) is 8.18. The normalized spacial score (nSPS) is 12.7. The van der Waals surface area contributed by atoms with Gasteiger partial charge >= 0.3 is 0 Å². The van der Waals surface area contributed by atoms with Crippen LogP contribution in [0.2, 0.25) is 10.0 Å². The monoisotopic (exact) mass is 404 g/mol. The molecule has 2 aromatic carbocycles. The summed E-state index contributed by atoms with van der Waals surface area (Å²) in [7, 11) is 0. The lowest BCUT2D eigenvalue weighted by Crippen LogP contribution is -2.17. The first kappa shape index (κ1) is 17.7. The average Bonchev–Trinajstić information content (AvgIpc) is 3.11. The summed E-state index contributed by atoms with van der Waals surface area (Å²) in [6.07, 6.45) is 1.50. The van der Waals surface area contributed by atoms with Crippen molar-refractivity contribution in [2.75, 3.05) is 18.5 Å². The molecule has 2 heterocycles. The third-order valence-electron chi connectivity index (χ3n) is 3.89. The van der Waals surface area contributed by atoms with Gasteiger partial charge in [0.2, 0.25) is 11.8 Å². The molecule has 1 amide bonds. The van der Waals surface area contributed by atoms with Gasteiger partial charge in [0.15, 0.2) is 11.5 Å². The Labute approximate surface area is 165 Å². The molecule has 0 atom stereocenters. The molecule has 0 unspecified atom stereocenters. The van der Waals surface area contributed by atoms with Crippen LogP contribution in [-0.2, 0) is 11.2 Å². The van der Waals surface area contributed by atoms with Crippen LogP contribution in [-0.4, -0.2) is 24.1 Å².